The first-order valence-electron chi connectivity index (χ1n) is 34.9. The molecular weight excluding hydrogens is 1480 g/mol. The van der Waals surface area contributed by atoms with Crippen molar-refractivity contribution in [3.05, 3.63) is 287 Å². The second kappa shape index (κ2) is 36.7. The van der Waals surface area contributed by atoms with E-state index in [9.17, 15) is 51.9 Å². The minimum atomic E-state index is -4.49. The third-order valence-corrected chi connectivity index (χ3v) is 23.0. The minimum Gasteiger partial charge on any atom is -0.748 e. The molecule has 0 atom stereocenters. The van der Waals surface area contributed by atoms with E-state index in [1.54, 1.807) is 0 Å². The first-order valence-corrected chi connectivity index (χ1v) is 41.6. The molecule has 0 spiro atoms. The van der Waals surface area contributed by atoms with Crippen molar-refractivity contribution >= 4 is 113 Å². The van der Waals surface area contributed by atoms with Gasteiger partial charge in [0.2, 0.25) is 11.4 Å². The van der Waals surface area contributed by atoms with Gasteiger partial charge in [-0.2, -0.15) is 4.58 Å². The number of fused-ring (bicyclic) bond motifs is 4. The van der Waals surface area contributed by atoms with Crippen molar-refractivity contribution < 1.29 is 145 Å². The number of para-hydroxylation sites is 4. The van der Waals surface area contributed by atoms with Gasteiger partial charge in [0.1, 0.15) is 6.54 Å². The number of benzene rings is 8. The number of aryl methyl sites for hydroxylation is 3. The molecule has 0 amide bonds. The smallest absolute Gasteiger partial charge is 0.748 e. The van der Waals surface area contributed by atoms with E-state index in [1.807, 2.05) is 121 Å². The van der Waals surface area contributed by atoms with Crippen LogP contribution in [0.4, 0.5) is 5.69 Å². The molecule has 3 aromatic heterocycles. The Morgan fingerprint density at radius 1 is 0.411 bits per heavy atom. The van der Waals surface area contributed by atoms with Gasteiger partial charge in [0, 0.05) is 115 Å². The van der Waals surface area contributed by atoms with Crippen LogP contribution in [0.5, 0.6) is 0 Å². The molecule has 0 saturated heterocycles. The molecule has 16 nitrogen and oxygen atoms in total. The van der Waals surface area contributed by atoms with Gasteiger partial charge in [-0.1, -0.05) is 212 Å². The Labute approximate surface area is 697 Å². The molecule has 24 heteroatoms. The zero-order valence-corrected chi connectivity index (χ0v) is 70.0. The first-order chi connectivity index (χ1) is 50.1. The molecule has 2 aliphatic rings. The molecule has 0 radical (unpaired) electrons. The molecular formula is C83H76ClN4Na3O12S4. The van der Waals surface area contributed by atoms with Gasteiger partial charge in [-0.05, 0) is 133 Å². The summed E-state index contributed by atoms with van der Waals surface area (Å²) in [6.07, 6.45) is 11.7. The summed E-state index contributed by atoms with van der Waals surface area (Å²) >= 11 is 7.96. The number of allylic oxidation sites excluding steroid dienone is 9. The van der Waals surface area contributed by atoms with Crippen LogP contribution in [0.25, 0.3) is 83.2 Å². The summed E-state index contributed by atoms with van der Waals surface area (Å²) in [7, 11) is -18.0. The van der Waals surface area contributed by atoms with Crippen molar-refractivity contribution in [1.29, 1.82) is 0 Å². The fourth-order valence-electron chi connectivity index (χ4n) is 15.0. The van der Waals surface area contributed by atoms with E-state index in [4.69, 9.17) is 11.6 Å². The van der Waals surface area contributed by atoms with E-state index in [0.29, 0.717) is 69.7 Å². The van der Waals surface area contributed by atoms with Crippen LogP contribution in [0.2, 0.25) is 0 Å². The van der Waals surface area contributed by atoms with Gasteiger partial charge >= 0.3 is 88.7 Å². The molecule has 0 unspecified atom stereocenters. The Morgan fingerprint density at radius 2 is 0.766 bits per heavy atom. The number of aromatic nitrogens is 3. The molecule has 11 aromatic rings. The van der Waals surface area contributed by atoms with Crippen LogP contribution in [0.1, 0.15) is 92.0 Å². The molecule has 0 saturated carbocycles. The fraction of sp³-hybridized carbons (Fsp3) is 0.217. The predicted molar refractivity (Wildman–Crippen MR) is 412 cm³/mol. The van der Waals surface area contributed by atoms with Gasteiger partial charge in [0.15, 0.2) is 0 Å². The van der Waals surface area contributed by atoms with Crippen molar-refractivity contribution in [2.45, 2.75) is 83.8 Å². The molecule has 0 bridgehead atoms. The maximum atomic E-state index is 12.0. The molecule has 1 aliphatic heterocycles. The summed E-state index contributed by atoms with van der Waals surface area (Å²) in [5, 5.41) is 3.25. The quantitative estimate of drug-likeness (QED) is 0.0181. The van der Waals surface area contributed by atoms with Crippen LogP contribution in [0.15, 0.2) is 259 Å². The van der Waals surface area contributed by atoms with Gasteiger partial charge in [-0.3, -0.25) is 0 Å². The summed E-state index contributed by atoms with van der Waals surface area (Å²) in [5.41, 5.74) is 18.3. The second-order valence-corrected chi connectivity index (χ2v) is 32.7. The first kappa shape index (κ1) is 83.2. The van der Waals surface area contributed by atoms with Gasteiger partial charge in [0.05, 0.1) is 68.7 Å². The average Bonchev–Trinajstić information content (AvgIpc) is 1.57. The average molecular weight is 1550 g/mol. The normalized spacial score (nSPS) is 14.3. The Bertz CT molecular complexity index is 5600. The number of hydrogen-bond acceptors (Lipinski definition) is 12. The van der Waals surface area contributed by atoms with Gasteiger partial charge < -0.3 is 31.9 Å². The van der Waals surface area contributed by atoms with Gasteiger partial charge in [0.25, 0.3) is 0 Å². The van der Waals surface area contributed by atoms with E-state index >= 15 is 0 Å². The van der Waals surface area contributed by atoms with Crippen LogP contribution in [-0.2, 0) is 60.1 Å². The monoisotopic (exact) mass is 1550 g/mol. The van der Waals surface area contributed by atoms with Crippen LogP contribution >= 0.6 is 11.6 Å². The molecule has 8 aromatic carbocycles. The Balaban J connectivity index is 0.00000408. The summed E-state index contributed by atoms with van der Waals surface area (Å²) in [6.45, 7) is 1.49. The maximum Gasteiger partial charge on any atom is 1.00 e. The van der Waals surface area contributed by atoms with E-state index in [-0.39, 0.29) is 114 Å². The number of nitrogens with zero attached hydrogens (tertiary/aromatic N) is 4. The Hall–Kier alpha value is -6.32. The molecule has 1 aliphatic carbocycles. The van der Waals surface area contributed by atoms with Gasteiger partial charge in [-0.15, -0.1) is 0 Å². The molecule has 4 heterocycles. The maximum absolute atomic E-state index is 12.0. The standard InChI is InChI=1S/C83H79ClN4O12S4.3Na/c84-79-59(47-49-69(75-65-37-13-17-41-71(65)85(51-21-25-55-101(89,90)91)80(75)61-29-5-1-6-30-61)76-66-38-14-18-42-72(66)86(52-22-26-56-102(92,93)94)81(76)62-31-7-2-8-32-62)45-46-60(79)48-50-70(77-67-39-15-19-43-73(67)87(53-23-27-57-103(95,96)97)82(77)63-33-9-3-10-34-63)78-68-40-16-20-44-74(68)88(54-24-28-58-104(98,99)100)83(78)64-35-11-4-12-36-64;;;/h1-20,29-44,47-50H,21-28,45-46,51-58H2,(H3-,89,90,91,92,93,94,95,96,97,98,99,100);;;/q;3*+1/p-3. The van der Waals surface area contributed by atoms with Gasteiger partial charge in [-0.25, -0.2) is 33.7 Å². The molecule has 0 fully saturated rings. The SMILES string of the molecule is O=S(=O)([O-])CCCCn1c(-c2ccccc2)c(C(=C/C=C2\CCC(/C=C/C(=C3\C(c4ccccc4)=[N+](CCCCS(=O)(=O)[O-])c4ccccc43)c3c(-c4ccccc4)n(CCCCS(=O)(=O)[O-])c4ccccc34)=C2Cl)c2c(-c3ccccc3)n(CCCCS(=O)(=O)[O-])c3ccccc23)c2ccccc21.[Na+].[Na+].[Na+]. The zero-order chi connectivity index (χ0) is 72.8. The van der Waals surface area contributed by atoms with E-state index in [1.165, 1.54) is 0 Å². The van der Waals surface area contributed by atoms with Crippen LogP contribution in [0, 0.1) is 0 Å². The fourth-order valence-corrected chi connectivity index (χ4v) is 17.5. The predicted octanol–water partition coefficient (Wildman–Crippen LogP) is 7.82. The molecule has 534 valence electrons. The third kappa shape index (κ3) is 19.5. The van der Waals surface area contributed by atoms with Crippen molar-refractivity contribution in [1.82, 2.24) is 13.7 Å². The minimum absolute atomic E-state index is 0. The van der Waals surface area contributed by atoms with Crippen molar-refractivity contribution in [3.8, 4) is 33.8 Å². The second-order valence-electron chi connectivity index (χ2n) is 26.3. The van der Waals surface area contributed by atoms with E-state index in [0.717, 1.165) is 134 Å². The van der Waals surface area contributed by atoms with E-state index < -0.39 is 63.5 Å². The Morgan fingerprint density at radius 3 is 1.19 bits per heavy atom. The largest absolute Gasteiger partial charge is 1.00 e. The molecule has 107 heavy (non-hydrogen) atoms. The van der Waals surface area contributed by atoms with Crippen LogP contribution < -0.4 is 88.7 Å². The number of unbranched alkanes of at least 4 members (excludes halogenated alkanes) is 4. The van der Waals surface area contributed by atoms with Crippen molar-refractivity contribution in [2.75, 3.05) is 29.6 Å². The summed E-state index contributed by atoms with van der Waals surface area (Å²) in [5.74, 6) is -2.03. The summed E-state index contributed by atoms with van der Waals surface area (Å²) < 4.78 is 153. The van der Waals surface area contributed by atoms with Crippen molar-refractivity contribution in [2.24, 2.45) is 0 Å². The van der Waals surface area contributed by atoms with Crippen molar-refractivity contribution in [3.63, 3.8) is 0 Å². The number of hydrogen-bond donors (Lipinski definition) is 0. The summed E-state index contributed by atoms with van der Waals surface area (Å²) in [6, 6.07) is 72.5. The third-order valence-electron chi connectivity index (χ3n) is 19.4. The van der Waals surface area contributed by atoms with E-state index in [2.05, 4.69) is 140 Å². The van der Waals surface area contributed by atoms with Crippen LogP contribution in [-0.4, -0.2) is 105 Å². The number of halogens is 1. The molecule has 13 rings (SSSR count). The zero-order valence-electron chi connectivity index (χ0n) is 60.0. The van der Waals surface area contributed by atoms with Crippen LogP contribution in [0.3, 0.4) is 0 Å². The number of rotatable bonds is 30. The summed E-state index contributed by atoms with van der Waals surface area (Å²) in [4.78, 5) is 0. The topological polar surface area (TPSA) is 247 Å². The Kier molecular flexibility index (Phi) is 28.5. The molecule has 0 N–H and O–H groups in total.